The minimum Gasteiger partial charge on any atom is -0.468 e. The summed E-state index contributed by atoms with van der Waals surface area (Å²) in [4.78, 5) is 5.64. The molecular weight excluding hydrogens is 412 g/mol. The lowest BCUT2D eigenvalue weighted by Crippen LogP contribution is -2.07. The van der Waals surface area contributed by atoms with Gasteiger partial charge in [-0.3, -0.25) is 0 Å². The Morgan fingerprint density at radius 1 is 0.909 bits per heavy atom. The summed E-state index contributed by atoms with van der Waals surface area (Å²) in [5.41, 5.74) is 5.73. The summed E-state index contributed by atoms with van der Waals surface area (Å²) in [5, 5.41) is 5.42. The van der Waals surface area contributed by atoms with Gasteiger partial charge in [-0.25, -0.2) is 0 Å². The van der Waals surface area contributed by atoms with Gasteiger partial charge in [0.05, 0.1) is 6.21 Å². The van der Waals surface area contributed by atoms with Gasteiger partial charge in [-0.15, -0.1) is 0 Å². The highest BCUT2D eigenvalue weighted by Gasteiger charge is 2.19. The number of ether oxygens (including phenoxy) is 2. The van der Waals surface area contributed by atoms with E-state index >= 15 is 0 Å². The fraction of sp³-hybridized carbons (Fsp3) is 0.250. The Balaban J connectivity index is 1.74. The van der Waals surface area contributed by atoms with Crippen molar-refractivity contribution in [2.75, 3.05) is 13.9 Å². The molecule has 170 valence electrons. The van der Waals surface area contributed by atoms with Crippen LogP contribution < -0.4 is 4.74 Å². The molecule has 1 aromatic heterocycles. The van der Waals surface area contributed by atoms with Crippen LogP contribution in [0.4, 0.5) is 0 Å². The molecule has 0 atom stereocenters. The summed E-state index contributed by atoms with van der Waals surface area (Å²) in [5.74, 6) is 1.05. The molecule has 5 nitrogen and oxygen atoms in total. The quantitative estimate of drug-likeness (QED) is 0.163. The van der Waals surface area contributed by atoms with E-state index in [0.29, 0.717) is 12.5 Å². The molecule has 4 rings (SSSR count). The monoisotopic (exact) mass is 442 g/mol. The van der Waals surface area contributed by atoms with E-state index in [2.05, 4.69) is 60.0 Å². The highest BCUT2D eigenvalue weighted by Crippen LogP contribution is 2.33. The van der Waals surface area contributed by atoms with Crippen molar-refractivity contribution < 1.29 is 14.3 Å². The van der Waals surface area contributed by atoms with Crippen molar-refractivity contribution in [1.82, 2.24) is 4.57 Å². The zero-order valence-electron chi connectivity index (χ0n) is 19.4. The van der Waals surface area contributed by atoms with E-state index < -0.39 is 0 Å². The molecule has 0 saturated carbocycles. The Kier molecular flexibility index (Phi) is 7.43. The zero-order valence-corrected chi connectivity index (χ0v) is 19.4. The number of nitrogens with zero attached hydrogens (tertiary/aromatic N) is 2. The van der Waals surface area contributed by atoms with Gasteiger partial charge in [-0.2, -0.15) is 0 Å². The minimum absolute atomic E-state index is 0.205. The second-order valence-corrected chi connectivity index (χ2v) is 8.25. The van der Waals surface area contributed by atoms with Crippen LogP contribution in [0.2, 0.25) is 0 Å². The van der Waals surface area contributed by atoms with Crippen LogP contribution in [0.1, 0.15) is 42.1 Å². The maximum Gasteiger partial charge on any atom is 0.188 e. The molecule has 0 saturated heterocycles. The van der Waals surface area contributed by atoms with E-state index in [9.17, 15) is 0 Å². The van der Waals surface area contributed by atoms with Crippen LogP contribution in [-0.4, -0.2) is 24.7 Å². The first-order chi connectivity index (χ1) is 16.2. The summed E-state index contributed by atoms with van der Waals surface area (Å²) in [6.07, 6.45) is 1.84. The number of rotatable bonds is 10. The lowest BCUT2D eigenvalue weighted by Gasteiger charge is -2.14. The molecule has 0 amide bonds. The molecule has 0 N–H and O–H groups in total. The van der Waals surface area contributed by atoms with Gasteiger partial charge in [0, 0.05) is 35.8 Å². The van der Waals surface area contributed by atoms with Crippen molar-refractivity contribution in [2.24, 2.45) is 5.16 Å². The normalized spacial score (nSPS) is 11.5. The van der Waals surface area contributed by atoms with Gasteiger partial charge in [-0.05, 0) is 35.2 Å². The third kappa shape index (κ3) is 5.44. The molecule has 0 unspecified atom stereocenters. The first kappa shape index (κ1) is 22.6. The molecule has 3 aromatic carbocycles. The molecule has 0 aliphatic carbocycles. The number of fused-ring (bicyclic) bond motifs is 1. The second-order valence-electron chi connectivity index (χ2n) is 8.25. The van der Waals surface area contributed by atoms with E-state index in [1.165, 1.54) is 11.3 Å². The predicted molar refractivity (Wildman–Crippen MR) is 133 cm³/mol. The third-order valence-corrected chi connectivity index (χ3v) is 5.52. The molecule has 0 aliphatic heterocycles. The molecule has 0 bridgehead atoms. The first-order valence-electron chi connectivity index (χ1n) is 11.2. The molecule has 1 heterocycles. The average Bonchev–Trinajstić information content (AvgIpc) is 3.14. The van der Waals surface area contributed by atoms with Crippen molar-refractivity contribution >= 4 is 17.1 Å². The summed E-state index contributed by atoms with van der Waals surface area (Å²) in [7, 11) is 1.62. The van der Waals surface area contributed by atoms with Crippen LogP contribution in [-0.2, 0) is 22.7 Å². The molecule has 0 radical (unpaired) electrons. The number of methoxy groups -OCH3 is 1. The fourth-order valence-electron chi connectivity index (χ4n) is 4.07. The van der Waals surface area contributed by atoms with Crippen LogP contribution in [0.25, 0.3) is 10.9 Å². The Morgan fingerprint density at radius 3 is 2.27 bits per heavy atom. The largest absolute Gasteiger partial charge is 0.468 e. The predicted octanol–water partition coefficient (Wildman–Crippen LogP) is 6.35. The van der Waals surface area contributed by atoms with Gasteiger partial charge in [0.15, 0.2) is 6.79 Å². The SMILES string of the molecule is COCOc1ccc2c(c1)c(/C=N/OCc1ccccc1)c(C(C)C)n2Cc1ccccc1. The van der Waals surface area contributed by atoms with Crippen molar-refractivity contribution in [3.63, 3.8) is 0 Å². The van der Waals surface area contributed by atoms with Crippen molar-refractivity contribution in [1.29, 1.82) is 0 Å². The number of hydrogen-bond donors (Lipinski definition) is 0. The zero-order chi connectivity index (χ0) is 23.0. The van der Waals surface area contributed by atoms with Crippen LogP contribution in [0.5, 0.6) is 5.75 Å². The molecule has 0 fully saturated rings. The van der Waals surface area contributed by atoms with E-state index in [0.717, 1.165) is 34.3 Å². The maximum atomic E-state index is 5.72. The molecule has 33 heavy (non-hydrogen) atoms. The molecular formula is C28H30N2O3. The standard InChI is InChI=1S/C28H30N2O3/c1-21(2)28-26(17-29-33-19-23-12-8-5-9-13-23)25-16-24(32-20-31-3)14-15-27(25)30(28)18-22-10-6-4-7-11-22/h4-17,21H,18-20H2,1-3H3/b29-17+. The Hall–Kier alpha value is -3.57. The molecule has 0 spiro atoms. The van der Waals surface area contributed by atoms with Crippen molar-refractivity contribution in [3.05, 3.63) is 101 Å². The minimum atomic E-state index is 0.205. The van der Waals surface area contributed by atoms with Gasteiger partial charge >= 0.3 is 0 Å². The lowest BCUT2D eigenvalue weighted by molar-refractivity contribution is 0.0512. The number of hydrogen-bond acceptors (Lipinski definition) is 4. The van der Waals surface area contributed by atoms with E-state index in [1.807, 2.05) is 48.7 Å². The maximum absolute atomic E-state index is 5.72. The second kappa shape index (κ2) is 10.8. The van der Waals surface area contributed by atoms with Crippen LogP contribution in [0.3, 0.4) is 0 Å². The molecule has 5 heteroatoms. The van der Waals surface area contributed by atoms with Gasteiger partial charge in [0.1, 0.15) is 12.4 Å². The van der Waals surface area contributed by atoms with Crippen molar-refractivity contribution in [3.8, 4) is 5.75 Å². The van der Waals surface area contributed by atoms with Crippen molar-refractivity contribution in [2.45, 2.75) is 32.9 Å². The van der Waals surface area contributed by atoms with Gasteiger partial charge in [0.25, 0.3) is 0 Å². The summed E-state index contributed by atoms with van der Waals surface area (Å²) in [6.45, 7) is 5.83. The Labute approximate surface area is 195 Å². The summed E-state index contributed by atoms with van der Waals surface area (Å²) < 4.78 is 13.2. The van der Waals surface area contributed by atoms with Crippen LogP contribution in [0, 0.1) is 0 Å². The first-order valence-corrected chi connectivity index (χ1v) is 11.2. The van der Waals surface area contributed by atoms with E-state index in [1.54, 1.807) is 7.11 Å². The number of aromatic nitrogens is 1. The summed E-state index contributed by atoms with van der Waals surface area (Å²) in [6, 6.07) is 26.7. The van der Waals surface area contributed by atoms with E-state index in [-0.39, 0.29) is 6.79 Å². The van der Waals surface area contributed by atoms with E-state index in [4.69, 9.17) is 14.3 Å². The Bertz CT molecular complexity index is 1200. The van der Waals surface area contributed by atoms with Crippen LogP contribution >= 0.6 is 0 Å². The topological polar surface area (TPSA) is 45.0 Å². The summed E-state index contributed by atoms with van der Waals surface area (Å²) >= 11 is 0. The number of benzene rings is 3. The highest BCUT2D eigenvalue weighted by atomic mass is 16.7. The molecule has 4 aromatic rings. The van der Waals surface area contributed by atoms with Gasteiger partial charge < -0.3 is 18.9 Å². The third-order valence-electron chi connectivity index (χ3n) is 5.52. The van der Waals surface area contributed by atoms with Crippen LogP contribution in [0.15, 0.2) is 84.0 Å². The Morgan fingerprint density at radius 2 is 1.61 bits per heavy atom. The smallest absolute Gasteiger partial charge is 0.188 e. The van der Waals surface area contributed by atoms with Gasteiger partial charge in [-0.1, -0.05) is 79.7 Å². The van der Waals surface area contributed by atoms with Gasteiger partial charge in [0.2, 0.25) is 0 Å². The highest BCUT2D eigenvalue weighted by molar-refractivity contribution is 6.02. The molecule has 0 aliphatic rings. The average molecular weight is 443 g/mol. The number of oxime groups is 1. The lowest BCUT2D eigenvalue weighted by atomic mass is 10.0. The fourth-order valence-corrected chi connectivity index (χ4v) is 4.07.